The molecule has 0 unspecified atom stereocenters. The molecule has 2 amide bonds. The summed E-state index contributed by atoms with van der Waals surface area (Å²) in [4.78, 5) is 18.6. The molecule has 1 aliphatic heterocycles. The number of aromatic nitrogens is 1. The largest absolute Gasteiger partial charge is 0.370 e. The Labute approximate surface area is 136 Å². The minimum Gasteiger partial charge on any atom is -0.370 e. The van der Waals surface area contributed by atoms with E-state index in [0.29, 0.717) is 25.5 Å². The molecule has 1 aromatic carbocycles. The van der Waals surface area contributed by atoms with Crippen molar-refractivity contribution in [2.45, 2.75) is 20.0 Å². The zero-order chi connectivity index (χ0) is 16.2. The summed E-state index contributed by atoms with van der Waals surface area (Å²) in [5.74, 6) is 0.578. The van der Waals surface area contributed by atoms with Gasteiger partial charge in [-0.05, 0) is 37.1 Å². The fourth-order valence-corrected chi connectivity index (χ4v) is 2.77. The molecule has 1 saturated heterocycles. The van der Waals surface area contributed by atoms with E-state index in [0.717, 1.165) is 11.3 Å². The molecule has 120 valence electrons. The van der Waals surface area contributed by atoms with Crippen molar-refractivity contribution in [2.24, 2.45) is 0 Å². The van der Waals surface area contributed by atoms with Gasteiger partial charge < -0.3 is 9.64 Å². The maximum atomic E-state index is 12.5. The second kappa shape index (κ2) is 6.79. The second-order valence-electron chi connectivity index (χ2n) is 5.76. The monoisotopic (exact) mass is 311 g/mol. The first-order valence-corrected chi connectivity index (χ1v) is 7.80. The standard InChI is InChI=1S/C18H21N3O2/c1-13-6-3-4-8-15(13)16-12-21(10-11-23-16)18(22)20-17-9-5-7-14(2)19-17/h3-9,16H,10-12H2,1-2H3,(H,19,20,22)/t16-/m0/s1. The molecule has 23 heavy (non-hydrogen) atoms. The molecule has 1 aliphatic rings. The Kier molecular flexibility index (Phi) is 4.57. The van der Waals surface area contributed by atoms with Gasteiger partial charge in [0.05, 0.1) is 13.2 Å². The van der Waals surface area contributed by atoms with E-state index in [2.05, 4.69) is 29.4 Å². The van der Waals surface area contributed by atoms with Crippen molar-refractivity contribution in [3.8, 4) is 0 Å². The lowest BCUT2D eigenvalue weighted by Crippen LogP contribution is -2.44. The van der Waals surface area contributed by atoms with Crippen LogP contribution in [-0.2, 0) is 4.74 Å². The van der Waals surface area contributed by atoms with Gasteiger partial charge in [0.15, 0.2) is 0 Å². The molecule has 0 spiro atoms. The Morgan fingerprint density at radius 1 is 1.22 bits per heavy atom. The van der Waals surface area contributed by atoms with Crippen molar-refractivity contribution < 1.29 is 9.53 Å². The van der Waals surface area contributed by atoms with Crippen LogP contribution in [0.5, 0.6) is 0 Å². The van der Waals surface area contributed by atoms with Crippen LogP contribution in [0.1, 0.15) is 22.9 Å². The van der Waals surface area contributed by atoms with E-state index < -0.39 is 0 Å². The summed E-state index contributed by atoms with van der Waals surface area (Å²) in [5.41, 5.74) is 3.20. The van der Waals surface area contributed by atoms with Gasteiger partial charge in [0.25, 0.3) is 0 Å². The van der Waals surface area contributed by atoms with Crippen LogP contribution in [0.25, 0.3) is 0 Å². The number of ether oxygens (including phenoxy) is 1. The molecule has 1 fully saturated rings. The first kappa shape index (κ1) is 15.5. The molecule has 3 rings (SSSR count). The van der Waals surface area contributed by atoms with Crippen LogP contribution in [0.3, 0.4) is 0 Å². The van der Waals surface area contributed by atoms with Crippen molar-refractivity contribution in [3.05, 3.63) is 59.3 Å². The first-order valence-electron chi connectivity index (χ1n) is 7.80. The van der Waals surface area contributed by atoms with E-state index in [9.17, 15) is 4.79 Å². The van der Waals surface area contributed by atoms with Crippen molar-refractivity contribution in [3.63, 3.8) is 0 Å². The number of benzene rings is 1. The number of morpholine rings is 1. The van der Waals surface area contributed by atoms with Gasteiger partial charge in [-0.15, -0.1) is 0 Å². The molecule has 1 aromatic heterocycles. The van der Waals surface area contributed by atoms with Crippen LogP contribution in [-0.4, -0.2) is 35.6 Å². The topological polar surface area (TPSA) is 54.5 Å². The molecule has 2 heterocycles. The van der Waals surface area contributed by atoms with Crippen molar-refractivity contribution in [2.75, 3.05) is 25.0 Å². The van der Waals surface area contributed by atoms with E-state index in [-0.39, 0.29) is 12.1 Å². The highest BCUT2D eigenvalue weighted by molar-refractivity contribution is 5.88. The second-order valence-corrected chi connectivity index (χ2v) is 5.76. The average Bonchev–Trinajstić information content (AvgIpc) is 2.55. The molecular weight excluding hydrogens is 290 g/mol. The van der Waals surface area contributed by atoms with Crippen molar-refractivity contribution >= 4 is 11.8 Å². The SMILES string of the molecule is Cc1cccc(NC(=O)N2CCO[C@H](c3ccccc3C)C2)n1. The number of urea groups is 1. The Bertz CT molecular complexity index is 702. The number of nitrogens with one attached hydrogen (secondary N) is 1. The number of amides is 2. The van der Waals surface area contributed by atoms with Crippen molar-refractivity contribution in [1.82, 2.24) is 9.88 Å². The lowest BCUT2D eigenvalue weighted by atomic mass is 10.0. The molecule has 1 atom stereocenters. The van der Waals surface area contributed by atoms with E-state index in [4.69, 9.17) is 4.74 Å². The summed E-state index contributed by atoms with van der Waals surface area (Å²) in [6.45, 7) is 5.63. The van der Waals surface area contributed by atoms with E-state index >= 15 is 0 Å². The summed E-state index contributed by atoms with van der Waals surface area (Å²) in [6, 6.07) is 13.6. The van der Waals surface area contributed by atoms with Crippen LogP contribution in [0.4, 0.5) is 10.6 Å². The van der Waals surface area contributed by atoms with Crippen LogP contribution >= 0.6 is 0 Å². The Morgan fingerprint density at radius 2 is 2.04 bits per heavy atom. The predicted molar refractivity (Wildman–Crippen MR) is 89.4 cm³/mol. The number of hydrogen-bond acceptors (Lipinski definition) is 3. The zero-order valence-corrected chi connectivity index (χ0v) is 13.5. The number of aryl methyl sites for hydroxylation is 2. The predicted octanol–water partition coefficient (Wildman–Crippen LogP) is 3.30. The minimum atomic E-state index is -0.134. The smallest absolute Gasteiger partial charge is 0.323 e. The average molecular weight is 311 g/mol. The number of carbonyl (C=O) groups is 1. The molecular formula is C18H21N3O2. The van der Waals surface area contributed by atoms with Gasteiger partial charge in [0, 0.05) is 12.2 Å². The number of pyridine rings is 1. The van der Waals surface area contributed by atoms with Gasteiger partial charge in [-0.1, -0.05) is 30.3 Å². The van der Waals surface area contributed by atoms with Crippen molar-refractivity contribution in [1.29, 1.82) is 0 Å². The normalized spacial score (nSPS) is 17.8. The van der Waals surface area contributed by atoms with E-state index in [1.165, 1.54) is 5.56 Å². The molecule has 0 saturated carbocycles. The van der Waals surface area contributed by atoms with Crippen LogP contribution < -0.4 is 5.32 Å². The lowest BCUT2D eigenvalue weighted by molar-refractivity contribution is -0.0138. The Morgan fingerprint density at radius 3 is 2.83 bits per heavy atom. The highest BCUT2D eigenvalue weighted by atomic mass is 16.5. The van der Waals surface area contributed by atoms with Gasteiger partial charge in [-0.2, -0.15) is 0 Å². The molecule has 0 radical (unpaired) electrons. The van der Waals surface area contributed by atoms with Gasteiger partial charge >= 0.3 is 6.03 Å². The first-order chi connectivity index (χ1) is 11.1. The molecule has 0 aliphatic carbocycles. The molecule has 5 nitrogen and oxygen atoms in total. The summed E-state index contributed by atoms with van der Waals surface area (Å²) >= 11 is 0. The number of nitrogens with zero attached hydrogens (tertiary/aromatic N) is 2. The van der Waals surface area contributed by atoms with Crippen LogP contribution in [0.2, 0.25) is 0 Å². The zero-order valence-electron chi connectivity index (χ0n) is 13.5. The summed E-state index contributed by atoms with van der Waals surface area (Å²) in [7, 11) is 0. The Balaban J connectivity index is 1.68. The number of anilines is 1. The highest BCUT2D eigenvalue weighted by Gasteiger charge is 2.26. The molecule has 0 bridgehead atoms. The van der Waals surface area contributed by atoms with Gasteiger partial charge in [-0.3, -0.25) is 5.32 Å². The maximum absolute atomic E-state index is 12.5. The minimum absolute atomic E-state index is 0.0823. The number of hydrogen-bond donors (Lipinski definition) is 1. The van der Waals surface area contributed by atoms with E-state index in [1.807, 2.05) is 31.2 Å². The number of rotatable bonds is 2. The fourth-order valence-electron chi connectivity index (χ4n) is 2.77. The number of carbonyl (C=O) groups excluding carboxylic acids is 1. The third kappa shape index (κ3) is 3.68. The molecule has 5 heteroatoms. The highest BCUT2D eigenvalue weighted by Crippen LogP contribution is 2.25. The Hall–Kier alpha value is -2.40. The van der Waals surface area contributed by atoms with Crippen LogP contribution in [0, 0.1) is 13.8 Å². The van der Waals surface area contributed by atoms with Gasteiger partial charge in [-0.25, -0.2) is 9.78 Å². The fraction of sp³-hybridized carbons (Fsp3) is 0.333. The van der Waals surface area contributed by atoms with Crippen LogP contribution in [0.15, 0.2) is 42.5 Å². The lowest BCUT2D eigenvalue weighted by Gasteiger charge is -2.33. The summed E-state index contributed by atoms with van der Waals surface area (Å²) in [5, 5.41) is 2.86. The molecule has 1 N–H and O–H groups in total. The van der Waals surface area contributed by atoms with Gasteiger partial charge in [0.2, 0.25) is 0 Å². The van der Waals surface area contributed by atoms with Gasteiger partial charge in [0.1, 0.15) is 11.9 Å². The quantitative estimate of drug-likeness (QED) is 0.926. The van der Waals surface area contributed by atoms with E-state index in [1.54, 1.807) is 11.0 Å². The maximum Gasteiger partial charge on any atom is 0.323 e. The third-order valence-corrected chi connectivity index (χ3v) is 4.01. The molecule has 2 aromatic rings. The summed E-state index contributed by atoms with van der Waals surface area (Å²) < 4.78 is 5.86. The third-order valence-electron chi connectivity index (χ3n) is 4.01. The summed E-state index contributed by atoms with van der Waals surface area (Å²) in [6.07, 6.45) is -0.0823.